The number of ether oxygens (including phenoxy) is 1. The molecule has 218 valence electrons. The van der Waals surface area contributed by atoms with Gasteiger partial charge in [-0.2, -0.15) is 4.98 Å². The Bertz CT molecular complexity index is 1380. The van der Waals surface area contributed by atoms with Crippen molar-refractivity contribution < 1.29 is 14.6 Å². The molecule has 4 heterocycles. The van der Waals surface area contributed by atoms with Crippen molar-refractivity contribution in [3.05, 3.63) is 36.3 Å². The van der Waals surface area contributed by atoms with E-state index in [2.05, 4.69) is 37.3 Å². The molecule has 6 rings (SSSR count). The monoisotopic (exact) mass is 561 g/mol. The third-order valence-electron chi connectivity index (χ3n) is 8.59. The van der Waals surface area contributed by atoms with Gasteiger partial charge in [-0.1, -0.05) is 25.0 Å². The number of hydrogen-bond acceptors (Lipinski definition) is 10. The zero-order valence-electron chi connectivity index (χ0n) is 24.0. The molecular weight excluding hydrogens is 522 g/mol. The standard InChI is InChI=1S/C29H39N9O3/c1-4-24-28(40)35(2)25-16-30-29(32-27(25)38(24)20-7-5-6-8-20)31-23-10-9-21(15-26(23)41-3)37-18-19(33-34-37)17-36-13-11-22(39)12-14-36/h9-10,15-16,18,20,22,24,39H,4-8,11-14,17H2,1-3H3,(H,30,31,32). The van der Waals surface area contributed by atoms with Crippen molar-refractivity contribution in [2.24, 2.45) is 0 Å². The fraction of sp³-hybridized carbons (Fsp3) is 0.552. The molecule has 2 aromatic heterocycles. The van der Waals surface area contributed by atoms with E-state index in [1.165, 1.54) is 12.8 Å². The second kappa shape index (κ2) is 11.6. The van der Waals surface area contributed by atoms with E-state index in [1.54, 1.807) is 29.9 Å². The van der Waals surface area contributed by atoms with Gasteiger partial charge in [0.05, 0.1) is 42.7 Å². The smallest absolute Gasteiger partial charge is 0.249 e. The van der Waals surface area contributed by atoms with Gasteiger partial charge < -0.3 is 25.0 Å². The second-order valence-electron chi connectivity index (χ2n) is 11.2. The summed E-state index contributed by atoms with van der Waals surface area (Å²) < 4.78 is 7.47. The fourth-order valence-corrected chi connectivity index (χ4v) is 6.29. The summed E-state index contributed by atoms with van der Waals surface area (Å²) in [4.78, 5) is 28.9. The van der Waals surface area contributed by atoms with Crippen LogP contribution in [0.15, 0.2) is 30.6 Å². The highest BCUT2D eigenvalue weighted by atomic mass is 16.5. The highest BCUT2D eigenvalue weighted by Crippen LogP contribution is 2.40. The van der Waals surface area contributed by atoms with Crippen LogP contribution >= 0.6 is 0 Å². The number of hydrogen-bond donors (Lipinski definition) is 2. The number of carbonyl (C=O) groups excluding carboxylic acids is 1. The average Bonchev–Trinajstić information content (AvgIpc) is 3.69. The van der Waals surface area contributed by atoms with Crippen LogP contribution in [0.25, 0.3) is 5.69 Å². The van der Waals surface area contributed by atoms with Crippen molar-refractivity contribution >= 4 is 29.0 Å². The first-order chi connectivity index (χ1) is 19.9. The molecule has 41 heavy (non-hydrogen) atoms. The number of aromatic nitrogens is 5. The first-order valence-corrected chi connectivity index (χ1v) is 14.6. The minimum Gasteiger partial charge on any atom is -0.494 e. The van der Waals surface area contributed by atoms with Crippen LogP contribution in [0.4, 0.5) is 23.1 Å². The van der Waals surface area contributed by atoms with E-state index in [9.17, 15) is 9.90 Å². The maximum absolute atomic E-state index is 13.2. The van der Waals surface area contributed by atoms with Gasteiger partial charge in [0, 0.05) is 38.8 Å². The van der Waals surface area contributed by atoms with Crippen LogP contribution in [0.2, 0.25) is 0 Å². The SMILES string of the molecule is CCC1C(=O)N(C)c2cnc(Nc3ccc(-n4cc(CN5CCC(O)CC5)nn4)cc3OC)nc2N1C1CCCC1. The number of likely N-dealkylation sites (tertiary alicyclic amines) is 1. The summed E-state index contributed by atoms with van der Waals surface area (Å²) in [6, 6.07) is 5.86. The van der Waals surface area contributed by atoms with Gasteiger partial charge in [-0.25, -0.2) is 9.67 Å². The number of carbonyl (C=O) groups is 1. The van der Waals surface area contributed by atoms with Crippen molar-refractivity contribution in [1.82, 2.24) is 29.9 Å². The average molecular weight is 562 g/mol. The maximum atomic E-state index is 13.2. The Hall–Kier alpha value is -3.77. The van der Waals surface area contributed by atoms with Crippen LogP contribution in [0.5, 0.6) is 5.75 Å². The summed E-state index contributed by atoms with van der Waals surface area (Å²) in [6.45, 7) is 4.48. The van der Waals surface area contributed by atoms with Crippen molar-refractivity contribution in [2.45, 2.75) is 76.6 Å². The number of fused-ring (bicyclic) bond motifs is 1. The van der Waals surface area contributed by atoms with Gasteiger partial charge in [-0.05, 0) is 44.2 Å². The maximum Gasteiger partial charge on any atom is 0.249 e. The summed E-state index contributed by atoms with van der Waals surface area (Å²) in [5, 5.41) is 21.8. The molecule has 1 unspecified atom stereocenters. The van der Waals surface area contributed by atoms with Gasteiger partial charge in [0.15, 0.2) is 5.82 Å². The molecule has 0 bridgehead atoms. The third-order valence-corrected chi connectivity index (χ3v) is 8.59. The lowest BCUT2D eigenvalue weighted by molar-refractivity contribution is -0.120. The largest absolute Gasteiger partial charge is 0.494 e. The number of amides is 1. The number of aliphatic hydroxyl groups excluding tert-OH is 1. The molecule has 1 aromatic carbocycles. The van der Waals surface area contributed by atoms with E-state index in [0.29, 0.717) is 24.3 Å². The van der Waals surface area contributed by atoms with Crippen LogP contribution in [-0.4, -0.2) is 86.3 Å². The topological polar surface area (TPSA) is 125 Å². The van der Waals surface area contributed by atoms with Crippen molar-refractivity contribution in [2.75, 3.05) is 42.4 Å². The Labute approximate surface area is 240 Å². The summed E-state index contributed by atoms with van der Waals surface area (Å²) in [5.41, 5.74) is 3.17. The minimum atomic E-state index is -0.221. The van der Waals surface area contributed by atoms with E-state index in [0.717, 1.165) is 73.8 Å². The van der Waals surface area contributed by atoms with Crippen LogP contribution in [0.1, 0.15) is 57.6 Å². The molecule has 2 fully saturated rings. The number of anilines is 4. The first-order valence-electron chi connectivity index (χ1n) is 14.6. The Kier molecular flexibility index (Phi) is 7.76. The van der Waals surface area contributed by atoms with Crippen LogP contribution in [0.3, 0.4) is 0 Å². The number of likely N-dealkylation sites (N-methyl/N-ethyl adjacent to an activating group) is 1. The summed E-state index contributed by atoms with van der Waals surface area (Å²) in [5.74, 6) is 1.97. The zero-order valence-corrected chi connectivity index (χ0v) is 24.0. The van der Waals surface area contributed by atoms with E-state index in [4.69, 9.17) is 9.72 Å². The number of aliphatic hydroxyl groups is 1. The lowest BCUT2D eigenvalue weighted by atomic mass is 10.0. The lowest BCUT2D eigenvalue weighted by Gasteiger charge is -2.43. The Morgan fingerprint density at radius 2 is 1.93 bits per heavy atom. The van der Waals surface area contributed by atoms with Gasteiger partial charge in [-0.15, -0.1) is 5.10 Å². The van der Waals surface area contributed by atoms with E-state index >= 15 is 0 Å². The fourth-order valence-electron chi connectivity index (χ4n) is 6.29. The number of nitrogens with one attached hydrogen (secondary N) is 1. The summed E-state index contributed by atoms with van der Waals surface area (Å²) in [6.07, 6.45) is 10.3. The molecule has 12 heteroatoms. The number of piperidine rings is 1. The van der Waals surface area contributed by atoms with Crippen LogP contribution < -0.4 is 19.9 Å². The molecular formula is C29H39N9O3. The van der Waals surface area contributed by atoms with Gasteiger partial charge in [0.2, 0.25) is 11.9 Å². The number of benzene rings is 1. The van der Waals surface area contributed by atoms with Crippen LogP contribution in [-0.2, 0) is 11.3 Å². The first kappa shape index (κ1) is 27.4. The lowest BCUT2D eigenvalue weighted by Crippen LogP contribution is -2.55. The molecule has 1 saturated carbocycles. The number of nitrogens with zero attached hydrogens (tertiary/aromatic N) is 8. The molecule has 1 aliphatic carbocycles. The number of methoxy groups -OCH3 is 1. The minimum absolute atomic E-state index is 0.0967. The highest BCUT2D eigenvalue weighted by Gasteiger charge is 2.41. The number of rotatable bonds is 8. The second-order valence-corrected chi connectivity index (χ2v) is 11.2. The van der Waals surface area contributed by atoms with E-state index in [1.807, 2.05) is 24.4 Å². The summed E-state index contributed by atoms with van der Waals surface area (Å²) >= 11 is 0. The van der Waals surface area contributed by atoms with E-state index < -0.39 is 0 Å². The molecule has 2 aliphatic heterocycles. The quantitative estimate of drug-likeness (QED) is 0.423. The zero-order chi connectivity index (χ0) is 28.5. The molecule has 1 amide bonds. The molecule has 3 aromatic rings. The molecule has 1 atom stereocenters. The molecule has 1 saturated heterocycles. The van der Waals surface area contributed by atoms with Gasteiger partial charge in [0.25, 0.3) is 0 Å². The van der Waals surface area contributed by atoms with Gasteiger partial charge in [-0.3, -0.25) is 9.69 Å². The predicted octanol–water partition coefficient (Wildman–Crippen LogP) is 3.27. The van der Waals surface area contributed by atoms with Gasteiger partial charge in [0.1, 0.15) is 17.5 Å². The molecule has 2 N–H and O–H groups in total. The van der Waals surface area contributed by atoms with Crippen molar-refractivity contribution in [3.8, 4) is 11.4 Å². The summed E-state index contributed by atoms with van der Waals surface area (Å²) in [7, 11) is 3.43. The molecule has 3 aliphatic rings. The Morgan fingerprint density at radius 1 is 1.15 bits per heavy atom. The van der Waals surface area contributed by atoms with Gasteiger partial charge >= 0.3 is 0 Å². The Morgan fingerprint density at radius 3 is 2.66 bits per heavy atom. The normalized spacial score (nSPS) is 20.5. The van der Waals surface area contributed by atoms with Crippen molar-refractivity contribution in [1.29, 1.82) is 0 Å². The molecule has 0 spiro atoms. The van der Waals surface area contributed by atoms with Crippen molar-refractivity contribution in [3.63, 3.8) is 0 Å². The third kappa shape index (κ3) is 5.45. The van der Waals surface area contributed by atoms with E-state index in [-0.39, 0.29) is 18.1 Å². The molecule has 0 radical (unpaired) electrons. The highest BCUT2D eigenvalue weighted by molar-refractivity contribution is 6.04. The Balaban J connectivity index is 1.23. The van der Waals surface area contributed by atoms with Crippen LogP contribution in [0, 0.1) is 0 Å². The molecule has 12 nitrogen and oxygen atoms in total. The predicted molar refractivity (Wildman–Crippen MR) is 156 cm³/mol.